The molecular weight excluding hydrogens is 224 g/mol. The lowest BCUT2D eigenvalue weighted by Crippen LogP contribution is -2.40. The number of benzene rings is 1. The fourth-order valence-electron chi connectivity index (χ4n) is 2.39. The van der Waals surface area contributed by atoms with Crippen LogP contribution in [0, 0.1) is 11.6 Å². The van der Waals surface area contributed by atoms with Crippen molar-refractivity contribution < 1.29 is 13.9 Å². The molecule has 2 rings (SSSR count). The maximum absolute atomic E-state index is 13.5. The van der Waals surface area contributed by atoms with Crippen molar-refractivity contribution in [3.8, 4) is 0 Å². The lowest BCUT2D eigenvalue weighted by atomic mass is 9.78. The Bertz CT molecular complexity index is 400. The number of halogens is 2. The van der Waals surface area contributed by atoms with Gasteiger partial charge in [-0.05, 0) is 49.4 Å². The molecule has 1 saturated carbocycles. The van der Waals surface area contributed by atoms with Crippen LogP contribution in [0.1, 0.15) is 31.2 Å². The second-order valence-electron chi connectivity index (χ2n) is 4.97. The number of nitrogens with two attached hydrogens (primary N) is 1. The molecular formula is C13H17F2NO. The molecule has 0 unspecified atom stereocenters. The maximum atomic E-state index is 13.5. The average Bonchev–Trinajstić information content (AvgIpc) is 2.28. The van der Waals surface area contributed by atoms with E-state index in [1.54, 1.807) is 0 Å². The predicted octanol–water partition coefficient (Wildman–Crippen LogP) is 2.14. The van der Waals surface area contributed by atoms with E-state index in [0.717, 1.165) is 31.0 Å². The molecule has 0 spiro atoms. The van der Waals surface area contributed by atoms with Gasteiger partial charge in [0.15, 0.2) is 0 Å². The Hall–Kier alpha value is -1.00. The van der Waals surface area contributed by atoms with E-state index in [1.807, 2.05) is 0 Å². The van der Waals surface area contributed by atoms with Crippen molar-refractivity contribution in [2.75, 3.05) is 0 Å². The molecule has 0 aliphatic heterocycles. The van der Waals surface area contributed by atoms with Gasteiger partial charge in [-0.3, -0.25) is 0 Å². The van der Waals surface area contributed by atoms with E-state index in [4.69, 9.17) is 5.73 Å². The molecule has 0 atom stereocenters. The summed E-state index contributed by atoms with van der Waals surface area (Å²) < 4.78 is 26.5. The third-order valence-corrected chi connectivity index (χ3v) is 3.49. The molecule has 0 aromatic heterocycles. The molecule has 17 heavy (non-hydrogen) atoms. The summed E-state index contributed by atoms with van der Waals surface area (Å²) in [5, 5.41) is 10.3. The fraction of sp³-hybridized carbons (Fsp3) is 0.538. The summed E-state index contributed by atoms with van der Waals surface area (Å²) in [4.78, 5) is 0. The van der Waals surface area contributed by atoms with Crippen LogP contribution in [0.2, 0.25) is 0 Å². The van der Waals surface area contributed by atoms with Crippen LogP contribution in [0.4, 0.5) is 8.78 Å². The average molecular weight is 241 g/mol. The number of aliphatic hydroxyl groups is 1. The van der Waals surface area contributed by atoms with Crippen LogP contribution in [0.5, 0.6) is 0 Å². The molecule has 1 aromatic rings. The normalized spacial score (nSPS) is 29.3. The van der Waals surface area contributed by atoms with Gasteiger partial charge in [0.1, 0.15) is 11.6 Å². The van der Waals surface area contributed by atoms with Crippen LogP contribution in [0.3, 0.4) is 0 Å². The Morgan fingerprint density at radius 1 is 1.29 bits per heavy atom. The highest BCUT2D eigenvalue weighted by molar-refractivity contribution is 5.21. The molecule has 4 heteroatoms. The first-order chi connectivity index (χ1) is 7.98. The highest BCUT2D eigenvalue weighted by Crippen LogP contribution is 2.31. The summed E-state index contributed by atoms with van der Waals surface area (Å²) in [5.74, 6) is -0.938. The maximum Gasteiger partial charge on any atom is 0.126 e. The van der Waals surface area contributed by atoms with Gasteiger partial charge < -0.3 is 10.8 Å². The van der Waals surface area contributed by atoms with Gasteiger partial charge in [0, 0.05) is 12.5 Å². The molecule has 1 aliphatic carbocycles. The standard InChI is InChI=1S/C13H17F2NO/c14-10-1-2-12(15)9(7-10)8-13(17)5-3-11(16)4-6-13/h1-2,7,11,17H,3-6,8,16H2. The van der Waals surface area contributed by atoms with Gasteiger partial charge in [-0.1, -0.05) is 0 Å². The van der Waals surface area contributed by atoms with E-state index in [1.165, 1.54) is 0 Å². The minimum absolute atomic E-state index is 0.118. The first-order valence-corrected chi connectivity index (χ1v) is 5.90. The highest BCUT2D eigenvalue weighted by atomic mass is 19.1. The fourth-order valence-corrected chi connectivity index (χ4v) is 2.39. The first kappa shape index (κ1) is 12.5. The van der Waals surface area contributed by atoms with Crippen LogP contribution < -0.4 is 5.73 Å². The summed E-state index contributed by atoms with van der Waals surface area (Å²) in [5.41, 5.74) is 5.06. The van der Waals surface area contributed by atoms with E-state index in [-0.39, 0.29) is 18.0 Å². The van der Waals surface area contributed by atoms with Gasteiger partial charge in [-0.25, -0.2) is 8.78 Å². The second-order valence-corrected chi connectivity index (χ2v) is 4.97. The first-order valence-electron chi connectivity index (χ1n) is 5.90. The molecule has 0 saturated heterocycles. The summed E-state index contributed by atoms with van der Waals surface area (Å²) in [6.45, 7) is 0. The smallest absolute Gasteiger partial charge is 0.126 e. The zero-order valence-electron chi connectivity index (χ0n) is 9.63. The predicted molar refractivity (Wildman–Crippen MR) is 61.5 cm³/mol. The monoisotopic (exact) mass is 241 g/mol. The van der Waals surface area contributed by atoms with E-state index >= 15 is 0 Å². The summed E-state index contributed by atoms with van der Waals surface area (Å²) in [6.07, 6.45) is 2.71. The lowest BCUT2D eigenvalue weighted by Gasteiger charge is -2.35. The summed E-state index contributed by atoms with van der Waals surface area (Å²) in [6, 6.07) is 3.46. The van der Waals surface area contributed by atoms with Crippen molar-refractivity contribution >= 4 is 0 Å². The molecule has 0 bridgehead atoms. The van der Waals surface area contributed by atoms with Crippen molar-refractivity contribution in [3.05, 3.63) is 35.4 Å². The van der Waals surface area contributed by atoms with Crippen LogP contribution in [0.15, 0.2) is 18.2 Å². The van der Waals surface area contributed by atoms with Crippen LogP contribution in [0.25, 0.3) is 0 Å². The number of hydrogen-bond donors (Lipinski definition) is 2. The Morgan fingerprint density at radius 2 is 1.94 bits per heavy atom. The van der Waals surface area contributed by atoms with Crippen molar-refractivity contribution in [2.45, 2.75) is 43.7 Å². The molecule has 0 heterocycles. The van der Waals surface area contributed by atoms with Gasteiger partial charge in [-0.2, -0.15) is 0 Å². The molecule has 0 amide bonds. The third-order valence-electron chi connectivity index (χ3n) is 3.49. The largest absolute Gasteiger partial charge is 0.390 e. The van der Waals surface area contributed by atoms with Crippen LogP contribution in [-0.2, 0) is 6.42 Å². The van der Waals surface area contributed by atoms with Crippen LogP contribution in [-0.4, -0.2) is 16.7 Å². The summed E-state index contributed by atoms with van der Waals surface area (Å²) in [7, 11) is 0. The van der Waals surface area contributed by atoms with Gasteiger partial charge in [-0.15, -0.1) is 0 Å². The van der Waals surface area contributed by atoms with Gasteiger partial charge in [0.2, 0.25) is 0 Å². The Kier molecular flexibility index (Phi) is 3.45. The van der Waals surface area contributed by atoms with E-state index < -0.39 is 17.2 Å². The molecule has 2 nitrogen and oxygen atoms in total. The minimum atomic E-state index is -0.940. The molecule has 0 radical (unpaired) electrons. The molecule has 1 aromatic carbocycles. The highest BCUT2D eigenvalue weighted by Gasteiger charge is 2.32. The zero-order valence-corrected chi connectivity index (χ0v) is 9.63. The lowest BCUT2D eigenvalue weighted by molar-refractivity contribution is -0.000502. The van der Waals surface area contributed by atoms with Crippen molar-refractivity contribution in [1.82, 2.24) is 0 Å². The summed E-state index contributed by atoms with van der Waals surface area (Å²) >= 11 is 0. The van der Waals surface area contributed by atoms with Gasteiger partial charge in [0.25, 0.3) is 0 Å². The third kappa shape index (κ3) is 3.01. The van der Waals surface area contributed by atoms with Crippen molar-refractivity contribution in [3.63, 3.8) is 0 Å². The van der Waals surface area contributed by atoms with Crippen molar-refractivity contribution in [1.29, 1.82) is 0 Å². The van der Waals surface area contributed by atoms with Crippen LogP contribution >= 0.6 is 0 Å². The molecule has 94 valence electrons. The van der Waals surface area contributed by atoms with E-state index in [9.17, 15) is 13.9 Å². The SMILES string of the molecule is NC1CCC(O)(Cc2cc(F)ccc2F)CC1. The molecule has 1 aliphatic rings. The van der Waals surface area contributed by atoms with Crippen molar-refractivity contribution in [2.24, 2.45) is 5.73 Å². The van der Waals surface area contributed by atoms with E-state index in [0.29, 0.717) is 12.8 Å². The molecule has 1 fully saturated rings. The van der Waals surface area contributed by atoms with E-state index in [2.05, 4.69) is 0 Å². The quantitative estimate of drug-likeness (QED) is 0.833. The Morgan fingerprint density at radius 3 is 2.59 bits per heavy atom. The number of rotatable bonds is 2. The van der Waals surface area contributed by atoms with Gasteiger partial charge >= 0.3 is 0 Å². The Labute approximate surface area is 99.4 Å². The minimum Gasteiger partial charge on any atom is -0.390 e. The molecule has 3 N–H and O–H groups in total. The number of hydrogen-bond acceptors (Lipinski definition) is 2. The topological polar surface area (TPSA) is 46.2 Å². The second kappa shape index (κ2) is 4.70. The Balaban J connectivity index is 2.12. The van der Waals surface area contributed by atoms with Gasteiger partial charge in [0.05, 0.1) is 5.60 Å². The zero-order chi connectivity index (χ0) is 12.5.